The van der Waals surface area contributed by atoms with Crippen LogP contribution < -0.4 is 9.47 Å². The first-order valence-corrected chi connectivity index (χ1v) is 6.99. The van der Waals surface area contributed by atoms with Crippen molar-refractivity contribution < 1.29 is 14.2 Å². The first-order chi connectivity index (χ1) is 8.40. The minimum atomic E-state index is 0.736. The summed E-state index contributed by atoms with van der Waals surface area (Å²) in [5, 5.41) is 0. The van der Waals surface area contributed by atoms with Crippen molar-refractivity contribution in [2.24, 2.45) is 0 Å². The smallest absolute Gasteiger partial charge is 0.162 e. The molecule has 2 rings (SSSR count). The van der Waals surface area contributed by atoms with Crippen LogP contribution in [0.1, 0.15) is 13.3 Å². The highest BCUT2D eigenvalue weighted by molar-refractivity contribution is 7.99. The van der Waals surface area contributed by atoms with Crippen molar-refractivity contribution >= 4 is 11.8 Å². The number of hydrogen-bond donors (Lipinski definition) is 0. The fraction of sp³-hybridized carbons (Fsp3) is 0.538. The number of fused-ring (bicyclic) bond motifs is 1. The van der Waals surface area contributed by atoms with Gasteiger partial charge in [0.25, 0.3) is 0 Å². The van der Waals surface area contributed by atoms with E-state index in [9.17, 15) is 0 Å². The monoisotopic (exact) mass is 254 g/mol. The van der Waals surface area contributed by atoms with E-state index in [0.29, 0.717) is 0 Å². The van der Waals surface area contributed by atoms with Crippen LogP contribution in [0.4, 0.5) is 0 Å². The molecule has 17 heavy (non-hydrogen) atoms. The topological polar surface area (TPSA) is 27.7 Å². The molecule has 1 heterocycles. The van der Waals surface area contributed by atoms with Gasteiger partial charge in [0.1, 0.15) is 0 Å². The van der Waals surface area contributed by atoms with E-state index in [0.717, 1.165) is 50.1 Å². The SMILES string of the molecule is CCOCCSc1ccc2c(c1)OCCCO2. The maximum absolute atomic E-state index is 5.65. The molecule has 3 nitrogen and oxygen atoms in total. The van der Waals surface area contributed by atoms with Crippen LogP contribution in [0.25, 0.3) is 0 Å². The molecule has 0 saturated heterocycles. The number of ether oxygens (including phenoxy) is 3. The lowest BCUT2D eigenvalue weighted by atomic mass is 10.3. The molecule has 1 aromatic carbocycles. The van der Waals surface area contributed by atoms with Gasteiger partial charge in [-0.05, 0) is 25.1 Å². The molecule has 0 bridgehead atoms. The second-order valence-corrected chi connectivity index (χ2v) is 4.87. The van der Waals surface area contributed by atoms with E-state index in [-0.39, 0.29) is 0 Å². The largest absolute Gasteiger partial charge is 0.490 e. The Kier molecular flexibility index (Phi) is 5.01. The van der Waals surface area contributed by atoms with Gasteiger partial charge in [-0.2, -0.15) is 0 Å². The van der Waals surface area contributed by atoms with Gasteiger partial charge in [-0.3, -0.25) is 0 Å². The maximum Gasteiger partial charge on any atom is 0.162 e. The predicted molar refractivity (Wildman–Crippen MR) is 69.3 cm³/mol. The fourth-order valence-electron chi connectivity index (χ4n) is 1.60. The predicted octanol–water partition coefficient (Wildman–Crippen LogP) is 2.98. The Labute approximate surface area is 106 Å². The first kappa shape index (κ1) is 12.6. The number of hydrogen-bond acceptors (Lipinski definition) is 4. The molecule has 0 N–H and O–H groups in total. The Morgan fingerprint density at radius 3 is 2.88 bits per heavy atom. The molecule has 0 saturated carbocycles. The molecular weight excluding hydrogens is 236 g/mol. The second-order valence-electron chi connectivity index (χ2n) is 3.70. The first-order valence-electron chi connectivity index (χ1n) is 6.00. The third-order valence-electron chi connectivity index (χ3n) is 2.42. The number of benzene rings is 1. The zero-order chi connectivity index (χ0) is 11.9. The van der Waals surface area contributed by atoms with Crippen LogP contribution in [0, 0.1) is 0 Å². The van der Waals surface area contributed by atoms with Crippen LogP contribution in [-0.4, -0.2) is 32.2 Å². The summed E-state index contributed by atoms with van der Waals surface area (Å²) in [5.41, 5.74) is 0. The van der Waals surface area contributed by atoms with E-state index in [1.165, 1.54) is 4.90 Å². The van der Waals surface area contributed by atoms with E-state index < -0.39 is 0 Å². The lowest BCUT2D eigenvalue weighted by Crippen LogP contribution is -1.97. The molecule has 0 spiro atoms. The Balaban J connectivity index is 1.93. The Morgan fingerprint density at radius 1 is 1.24 bits per heavy atom. The zero-order valence-corrected chi connectivity index (χ0v) is 10.9. The molecule has 1 aliphatic heterocycles. The van der Waals surface area contributed by atoms with Gasteiger partial charge in [0.15, 0.2) is 11.5 Å². The van der Waals surface area contributed by atoms with Crippen molar-refractivity contribution in [3.63, 3.8) is 0 Å². The minimum Gasteiger partial charge on any atom is -0.490 e. The van der Waals surface area contributed by atoms with Crippen LogP contribution in [-0.2, 0) is 4.74 Å². The lowest BCUT2D eigenvalue weighted by molar-refractivity contribution is 0.164. The van der Waals surface area contributed by atoms with Crippen LogP contribution in [0.15, 0.2) is 23.1 Å². The summed E-state index contributed by atoms with van der Waals surface area (Å²) in [5.74, 6) is 2.69. The summed E-state index contributed by atoms with van der Waals surface area (Å²) in [6.07, 6.45) is 0.946. The van der Waals surface area contributed by atoms with Crippen molar-refractivity contribution in [3.05, 3.63) is 18.2 Å². The van der Waals surface area contributed by atoms with E-state index in [2.05, 4.69) is 12.1 Å². The summed E-state index contributed by atoms with van der Waals surface area (Å²) in [6, 6.07) is 6.12. The van der Waals surface area contributed by atoms with Crippen molar-refractivity contribution in [2.75, 3.05) is 32.2 Å². The maximum atomic E-state index is 5.65. The van der Waals surface area contributed by atoms with Gasteiger partial charge in [0.2, 0.25) is 0 Å². The molecule has 0 amide bonds. The quantitative estimate of drug-likeness (QED) is 0.596. The van der Waals surface area contributed by atoms with Gasteiger partial charge in [-0.15, -0.1) is 11.8 Å². The average Bonchev–Trinajstić information content (AvgIpc) is 2.59. The third-order valence-corrected chi connectivity index (χ3v) is 3.38. The van der Waals surface area contributed by atoms with Crippen LogP contribution >= 0.6 is 11.8 Å². The standard InChI is InChI=1S/C13H18O3S/c1-2-14-8-9-17-11-4-5-12-13(10-11)16-7-3-6-15-12/h4-5,10H,2-3,6-9H2,1H3. The summed E-state index contributed by atoms with van der Waals surface area (Å²) in [4.78, 5) is 1.20. The van der Waals surface area contributed by atoms with Crippen molar-refractivity contribution in [3.8, 4) is 11.5 Å². The van der Waals surface area contributed by atoms with Gasteiger partial charge in [0.05, 0.1) is 19.8 Å². The van der Waals surface area contributed by atoms with Crippen LogP contribution in [0.5, 0.6) is 11.5 Å². The normalized spacial score (nSPS) is 14.4. The molecule has 0 aliphatic carbocycles. The summed E-state index contributed by atoms with van der Waals surface area (Å²) in [6.45, 7) is 5.06. The molecule has 0 aromatic heterocycles. The summed E-state index contributed by atoms with van der Waals surface area (Å²) >= 11 is 1.78. The molecule has 1 aliphatic rings. The summed E-state index contributed by atoms with van der Waals surface area (Å²) in [7, 11) is 0. The van der Waals surface area contributed by atoms with Gasteiger partial charge >= 0.3 is 0 Å². The van der Waals surface area contributed by atoms with Crippen molar-refractivity contribution in [1.29, 1.82) is 0 Å². The van der Waals surface area contributed by atoms with E-state index in [4.69, 9.17) is 14.2 Å². The Bertz CT molecular complexity index is 355. The highest BCUT2D eigenvalue weighted by Crippen LogP contribution is 2.33. The Morgan fingerprint density at radius 2 is 2.06 bits per heavy atom. The number of rotatable bonds is 5. The number of thioether (sulfide) groups is 1. The van der Waals surface area contributed by atoms with Gasteiger partial charge in [-0.1, -0.05) is 0 Å². The summed E-state index contributed by atoms with van der Waals surface area (Å²) < 4.78 is 16.5. The molecule has 94 valence electrons. The van der Waals surface area contributed by atoms with Crippen LogP contribution in [0.3, 0.4) is 0 Å². The molecular formula is C13H18O3S. The van der Waals surface area contributed by atoms with Crippen LogP contribution in [0.2, 0.25) is 0 Å². The Hall–Kier alpha value is -0.870. The molecule has 1 aromatic rings. The van der Waals surface area contributed by atoms with Gasteiger partial charge in [0, 0.05) is 23.7 Å². The average molecular weight is 254 g/mol. The van der Waals surface area contributed by atoms with E-state index in [1.54, 1.807) is 11.8 Å². The van der Waals surface area contributed by atoms with E-state index in [1.807, 2.05) is 13.0 Å². The molecule has 0 unspecified atom stereocenters. The highest BCUT2D eigenvalue weighted by atomic mass is 32.2. The molecule has 0 radical (unpaired) electrons. The molecule has 0 atom stereocenters. The van der Waals surface area contributed by atoms with Crippen molar-refractivity contribution in [1.82, 2.24) is 0 Å². The van der Waals surface area contributed by atoms with Gasteiger partial charge < -0.3 is 14.2 Å². The third kappa shape index (κ3) is 3.82. The minimum absolute atomic E-state index is 0.736. The second kappa shape index (κ2) is 6.77. The van der Waals surface area contributed by atoms with Gasteiger partial charge in [-0.25, -0.2) is 0 Å². The molecule has 0 fully saturated rings. The lowest BCUT2D eigenvalue weighted by Gasteiger charge is -2.09. The zero-order valence-electron chi connectivity index (χ0n) is 10.1. The molecule has 4 heteroatoms. The highest BCUT2D eigenvalue weighted by Gasteiger charge is 2.10. The van der Waals surface area contributed by atoms with E-state index >= 15 is 0 Å². The van der Waals surface area contributed by atoms with Crippen molar-refractivity contribution in [2.45, 2.75) is 18.2 Å². The fourth-order valence-corrected chi connectivity index (χ4v) is 2.39.